The minimum atomic E-state index is -0.357. The van der Waals surface area contributed by atoms with Gasteiger partial charge in [0.2, 0.25) is 0 Å². The van der Waals surface area contributed by atoms with Gasteiger partial charge in [-0.3, -0.25) is 19.6 Å². The fourth-order valence-electron chi connectivity index (χ4n) is 7.48. The maximum Gasteiger partial charge on any atom is 0.260 e. The number of nitrogens with two attached hydrogens (primary N) is 1. The normalized spacial score (nSPS) is 16.8. The van der Waals surface area contributed by atoms with Crippen LogP contribution >= 0.6 is 0 Å². The van der Waals surface area contributed by atoms with Crippen LogP contribution in [0.25, 0.3) is 11.1 Å². The second-order valence-corrected chi connectivity index (χ2v) is 15.2. The quantitative estimate of drug-likeness (QED) is 0.0876. The Morgan fingerprint density at radius 3 is 1.97 bits per heavy atom. The van der Waals surface area contributed by atoms with E-state index in [0.29, 0.717) is 103 Å². The van der Waals surface area contributed by atoms with E-state index in [9.17, 15) is 9.59 Å². The summed E-state index contributed by atoms with van der Waals surface area (Å²) in [6.45, 7) is 1.95. The first-order chi connectivity index (χ1) is 30.8. The highest BCUT2D eigenvalue weighted by molar-refractivity contribution is 6.29. The molecule has 3 aliphatic heterocycles. The molecule has 14 nitrogen and oxygen atoms in total. The average Bonchev–Trinajstić information content (AvgIpc) is 3.69. The number of nitrogens with zero attached hydrogens (tertiary/aromatic N) is 3. The molecule has 328 valence electrons. The lowest BCUT2D eigenvalue weighted by atomic mass is 9.99. The smallest absolute Gasteiger partial charge is 0.260 e. The van der Waals surface area contributed by atoms with Gasteiger partial charge >= 0.3 is 0 Å². The predicted octanol–water partition coefficient (Wildman–Crippen LogP) is 8.72. The molecular formula is C49H54N6O8. The van der Waals surface area contributed by atoms with E-state index in [2.05, 4.69) is 10.3 Å². The molecule has 3 heterocycles. The van der Waals surface area contributed by atoms with Gasteiger partial charge < -0.3 is 49.8 Å². The Labute approximate surface area is 367 Å². The summed E-state index contributed by atoms with van der Waals surface area (Å²) in [5, 5.41) is 11.4. The minimum Gasteiger partial charge on any atom is -0.497 e. The molecule has 3 aliphatic rings. The minimum absolute atomic E-state index is 0.154. The molecule has 0 saturated heterocycles. The third-order valence-corrected chi connectivity index (χ3v) is 11.0. The van der Waals surface area contributed by atoms with Crippen molar-refractivity contribution in [1.29, 1.82) is 5.41 Å². The van der Waals surface area contributed by atoms with E-state index in [1.807, 2.05) is 60.9 Å². The first kappa shape index (κ1) is 44.1. The zero-order valence-corrected chi connectivity index (χ0v) is 36.0. The molecule has 0 spiro atoms. The Morgan fingerprint density at radius 1 is 0.698 bits per heavy atom. The lowest BCUT2D eigenvalue weighted by Crippen LogP contribution is -2.32. The molecule has 0 fully saturated rings. The van der Waals surface area contributed by atoms with Gasteiger partial charge in [-0.1, -0.05) is 24.3 Å². The van der Waals surface area contributed by atoms with Gasteiger partial charge in [-0.15, -0.1) is 0 Å². The van der Waals surface area contributed by atoms with Crippen LogP contribution in [0.2, 0.25) is 0 Å². The van der Waals surface area contributed by atoms with E-state index >= 15 is 0 Å². The first-order valence-electron chi connectivity index (χ1n) is 21.2. The van der Waals surface area contributed by atoms with Gasteiger partial charge in [-0.25, -0.2) is 0 Å². The predicted molar refractivity (Wildman–Crippen MR) is 245 cm³/mol. The third-order valence-electron chi connectivity index (χ3n) is 11.0. The lowest BCUT2D eigenvalue weighted by Gasteiger charge is -2.19. The van der Waals surface area contributed by atoms with Gasteiger partial charge in [0.05, 0.1) is 69.7 Å². The first-order valence-corrected chi connectivity index (χ1v) is 21.2. The molecule has 0 unspecified atom stereocenters. The molecular weight excluding hydrogens is 801 g/mol. The number of amides is 2. The van der Waals surface area contributed by atoms with Crippen LogP contribution in [0.5, 0.6) is 34.5 Å². The molecule has 7 rings (SSSR count). The van der Waals surface area contributed by atoms with Crippen molar-refractivity contribution in [2.45, 2.75) is 57.4 Å². The highest BCUT2D eigenvalue weighted by Crippen LogP contribution is 2.40. The number of carbonyl (C=O) groups is 2. The fourth-order valence-corrected chi connectivity index (χ4v) is 7.48. The summed E-state index contributed by atoms with van der Waals surface area (Å²) in [5.41, 5.74) is 11.5. The molecule has 2 amide bonds. The fraction of sp³-hybridized carbons (Fsp3) is 0.327. The molecule has 4 N–H and O–H groups in total. The van der Waals surface area contributed by atoms with Crippen molar-refractivity contribution in [2.24, 2.45) is 15.7 Å². The van der Waals surface area contributed by atoms with E-state index < -0.39 is 0 Å². The molecule has 1 atom stereocenters. The van der Waals surface area contributed by atoms with Gasteiger partial charge in [-0.2, -0.15) is 0 Å². The standard InChI is InChI=1S/C49H54N6O8/c1-58-38-15-11-32(12-16-38)34-9-7-10-36(51)29-52-42-26-46(44(59-2)24-40(42)48(56)54-28-34)62-20-5-4-6-21-63-47-27-43-41(25-45(47)60-3)49(57)55-31-35(23-37(55)30-53-43)33-13-17-39(18-14-33)61-22-8-19-50/h11-18,24-31,37,51H,4-10,19-23,50H2,1-3H3,(H,54,56)/b34-28+,51-36?,52-29?/t37-/m0/s1. The van der Waals surface area contributed by atoms with Crippen molar-refractivity contribution >= 4 is 52.5 Å². The summed E-state index contributed by atoms with van der Waals surface area (Å²) in [4.78, 5) is 38.4. The zero-order chi connectivity index (χ0) is 44.1. The zero-order valence-electron chi connectivity index (χ0n) is 36.0. The number of fused-ring (bicyclic) bond motifs is 3. The van der Waals surface area contributed by atoms with Crippen LogP contribution < -0.4 is 39.5 Å². The van der Waals surface area contributed by atoms with Gasteiger partial charge in [0.15, 0.2) is 23.0 Å². The molecule has 63 heavy (non-hydrogen) atoms. The maximum atomic E-state index is 13.8. The summed E-state index contributed by atoms with van der Waals surface area (Å²) in [6.07, 6.45) is 12.5. The van der Waals surface area contributed by atoms with Crippen LogP contribution in [0.4, 0.5) is 11.4 Å². The van der Waals surface area contributed by atoms with Gasteiger partial charge in [0, 0.05) is 49.1 Å². The lowest BCUT2D eigenvalue weighted by molar-refractivity contribution is 0.0817. The number of benzene rings is 4. The number of unbranched alkanes of at least 4 members (excludes halogenated alkanes) is 2. The van der Waals surface area contributed by atoms with Crippen molar-refractivity contribution in [2.75, 3.05) is 47.7 Å². The monoisotopic (exact) mass is 854 g/mol. The Hall–Kier alpha value is -6.93. The topological polar surface area (TPSA) is 179 Å². The Bertz CT molecular complexity index is 2410. The third kappa shape index (κ3) is 10.9. The van der Waals surface area contributed by atoms with Crippen molar-refractivity contribution in [3.8, 4) is 34.5 Å². The van der Waals surface area contributed by atoms with E-state index in [1.165, 1.54) is 13.3 Å². The highest BCUT2D eigenvalue weighted by atomic mass is 16.5. The van der Waals surface area contributed by atoms with E-state index in [1.54, 1.807) is 49.6 Å². The molecule has 0 bridgehead atoms. The van der Waals surface area contributed by atoms with Gasteiger partial charge in [0.25, 0.3) is 11.8 Å². The number of carbonyl (C=O) groups excluding carboxylic acids is 2. The number of ether oxygens (including phenoxy) is 6. The molecule has 4 aromatic carbocycles. The van der Waals surface area contributed by atoms with Crippen molar-refractivity contribution in [1.82, 2.24) is 10.2 Å². The number of hydrogen-bond acceptors (Lipinski definition) is 12. The van der Waals surface area contributed by atoms with Gasteiger partial charge in [-0.05, 0) is 110 Å². The number of methoxy groups -OCH3 is 3. The number of nitrogens with one attached hydrogen (secondary N) is 2. The summed E-state index contributed by atoms with van der Waals surface area (Å²) >= 11 is 0. The number of rotatable bonds is 17. The van der Waals surface area contributed by atoms with Crippen molar-refractivity contribution in [3.05, 3.63) is 107 Å². The highest BCUT2D eigenvalue weighted by Gasteiger charge is 2.33. The molecule has 0 radical (unpaired) electrons. The Kier molecular flexibility index (Phi) is 14.9. The maximum absolute atomic E-state index is 13.8. The van der Waals surface area contributed by atoms with Crippen LogP contribution in [-0.2, 0) is 0 Å². The van der Waals surface area contributed by atoms with Crippen LogP contribution in [0.15, 0.2) is 95.2 Å². The number of hydrogen-bond donors (Lipinski definition) is 3. The van der Waals surface area contributed by atoms with Crippen LogP contribution in [0.1, 0.15) is 83.2 Å². The largest absolute Gasteiger partial charge is 0.497 e. The summed E-state index contributed by atoms with van der Waals surface area (Å²) < 4.78 is 34.7. The SMILES string of the molecule is COc1ccc(/C2=C/NC(=O)c3cc(OC)c(OCCCCCOc4cc5c(cc4OC)C(=O)N4C=C(c6ccc(OCCCN)cc6)C[C@H]4C=N5)cc3N=CC(=N)CCC2)cc1. The molecule has 0 aromatic heterocycles. The molecule has 0 saturated carbocycles. The Morgan fingerprint density at radius 2 is 1.32 bits per heavy atom. The summed E-state index contributed by atoms with van der Waals surface area (Å²) in [6, 6.07) is 22.1. The second-order valence-electron chi connectivity index (χ2n) is 15.2. The van der Waals surface area contributed by atoms with E-state index in [-0.39, 0.29) is 17.9 Å². The summed E-state index contributed by atoms with van der Waals surface area (Å²) in [7, 11) is 4.70. The average molecular weight is 855 g/mol. The van der Waals surface area contributed by atoms with E-state index in [0.717, 1.165) is 59.5 Å². The number of allylic oxidation sites excluding steroid dienone is 1. The van der Waals surface area contributed by atoms with Gasteiger partial charge in [0.1, 0.15) is 11.5 Å². The summed E-state index contributed by atoms with van der Waals surface area (Å²) in [5.74, 6) is 2.83. The van der Waals surface area contributed by atoms with Crippen LogP contribution in [-0.4, -0.2) is 88.6 Å². The van der Waals surface area contributed by atoms with Crippen LogP contribution in [0.3, 0.4) is 0 Å². The van der Waals surface area contributed by atoms with Crippen molar-refractivity contribution < 1.29 is 38.0 Å². The second kappa shape index (κ2) is 21.2. The molecule has 4 aromatic rings. The molecule has 14 heteroatoms. The number of aliphatic imine (C=N–C) groups is 2. The van der Waals surface area contributed by atoms with Crippen molar-refractivity contribution in [3.63, 3.8) is 0 Å². The molecule has 0 aliphatic carbocycles. The Balaban J connectivity index is 0.934. The van der Waals surface area contributed by atoms with E-state index in [4.69, 9.17) is 44.6 Å². The van der Waals surface area contributed by atoms with Crippen LogP contribution in [0, 0.1) is 5.41 Å².